The number of allylic oxidation sites excluding steroid dienone is 1. The van der Waals surface area contributed by atoms with E-state index in [0.717, 1.165) is 12.1 Å². The van der Waals surface area contributed by atoms with Gasteiger partial charge in [-0.3, -0.25) is 14.9 Å². The minimum Gasteiger partial charge on any atom is -0.493 e. The van der Waals surface area contributed by atoms with E-state index in [1.54, 1.807) is 0 Å². The van der Waals surface area contributed by atoms with Gasteiger partial charge in [0.1, 0.15) is 24.0 Å². The van der Waals surface area contributed by atoms with Gasteiger partial charge in [-0.2, -0.15) is 5.26 Å². The highest BCUT2D eigenvalue weighted by atomic mass is 16.6. The molecule has 0 spiro atoms. The highest BCUT2D eigenvalue weighted by Gasteiger charge is 2.39. The predicted octanol–water partition coefficient (Wildman–Crippen LogP) is 1.28. The Balaban J connectivity index is 2.41. The van der Waals surface area contributed by atoms with Crippen molar-refractivity contribution >= 4 is 5.69 Å². The third kappa shape index (κ3) is 3.21. The number of benzene rings is 1. The van der Waals surface area contributed by atoms with E-state index in [-0.39, 0.29) is 39.9 Å². The molecule has 150 valence electrons. The maximum absolute atomic E-state index is 12.4. The molecule has 0 aliphatic carbocycles. The number of fused-ring (bicyclic) bond motifs is 1. The van der Waals surface area contributed by atoms with Gasteiger partial charge < -0.3 is 29.5 Å². The summed E-state index contributed by atoms with van der Waals surface area (Å²) < 4.78 is 21.1. The number of nitrogens with two attached hydrogens (primary N) is 1. The second-order valence-electron chi connectivity index (χ2n) is 5.88. The summed E-state index contributed by atoms with van der Waals surface area (Å²) in [6.45, 7) is -0.607. The second kappa shape index (κ2) is 7.53. The van der Waals surface area contributed by atoms with Crippen molar-refractivity contribution in [1.82, 2.24) is 0 Å². The fourth-order valence-electron chi connectivity index (χ4n) is 3.05. The molecule has 0 radical (unpaired) electrons. The van der Waals surface area contributed by atoms with Crippen LogP contribution in [0.3, 0.4) is 0 Å². The van der Waals surface area contributed by atoms with E-state index in [1.807, 2.05) is 6.07 Å². The highest BCUT2D eigenvalue weighted by molar-refractivity contribution is 5.62. The molecule has 0 amide bonds. The van der Waals surface area contributed by atoms with Crippen LogP contribution in [0.2, 0.25) is 0 Å². The summed E-state index contributed by atoms with van der Waals surface area (Å²) in [6.07, 6.45) is 0. The first-order valence-corrected chi connectivity index (χ1v) is 8.11. The number of aliphatic hydroxyl groups excluding tert-OH is 1. The van der Waals surface area contributed by atoms with E-state index in [0.29, 0.717) is 0 Å². The van der Waals surface area contributed by atoms with E-state index in [2.05, 4.69) is 0 Å². The number of hydrogen-bond donors (Lipinski definition) is 2. The summed E-state index contributed by atoms with van der Waals surface area (Å²) in [5.74, 6) is -2.02. The summed E-state index contributed by atoms with van der Waals surface area (Å²) >= 11 is 0. The summed E-state index contributed by atoms with van der Waals surface area (Å²) in [7, 11) is 2.65. The van der Waals surface area contributed by atoms with E-state index in [4.69, 9.17) is 24.4 Å². The number of rotatable bonds is 5. The van der Waals surface area contributed by atoms with Gasteiger partial charge in [0.25, 0.3) is 5.69 Å². The van der Waals surface area contributed by atoms with Crippen LogP contribution in [0.25, 0.3) is 0 Å². The number of nitro benzene ring substituents is 1. The molecule has 1 aliphatic heterocycles. The third-order valence-electron chi connectivity index (χ3n) is 4.33. The molecule has 1 atom stereocenters. The van der Waals surface area contributed by atoms with Gasteiger partial charge in [-0.1, -0.05) is 0 Å². The van der Waals surface area contributed by atoms with Gasteiger partial charge in [-0.15, -0.1) is 0 Å². The van der Waals surface area contributed by atoms with Crippen molar-refractivity contribution in [1.29, 1.82) is 5.26 Å². The molecule has 0 fully saturated rings. The van der Waals surface area contributed by atoms with E-state index >= 15 is 0 Å². The zero-order valence-electron chi connectivity index (χ0n) is 15.3. The van der Waals surface area contributed by atoms with E-state index < -0.39 is 34.4 Å². The van der Waals surface area contributed by atoms with E-state index in [1.165, 1.54) is 20.3 Å². The fraction of sp³-hybridized carbons (Fsp3) is 0.222. The Bertz CT molecular complexity index is 1130. The molecule has 11 heteroatoms. The molecule has 0 saturated carbocycles. The highest BCUT2D eigenvalue weighted by Crippen LogP contribution is 2.47. The number of nitriles is 1. The van der Waals surface area contributed by atoms with Gasteiger partial charge >= 0.3 is 0 Å². The molecular formula is C18H15N3O8. The minimum absolute atomic E-state index is 0.0325. The molecule has 3 N–H and O–H groups in total. The van der Waals surface area contributed by atoms with Crippen LogP contribution in [0.1, 0.15) is 23.0 Å². The van der Waals surface area contributed by atoms with Crippen LogP contribution in [-0.2, 0) is 6.61 Å². The normalized spacial score (nSPS) is 15.2. The molecule has 1 aromatic carbocycles. The van der Waals surface area contributed by atoms with Crippen molar-refractivity contribution in [3.05, 3.63) is 67.1 Å². The van der Waals surface area contributed by atoms with Crippen LogP contribution < -0.4 is 25.4 Å². The van der Waals surface area contributed by atoms with Crippen LogP contribution >= 0.6 is 0 Å². The van der Waals surface area contributed by atoms with Crippen molar-refractivity contribution in [3.8, 4) is 23.3 Å². The lowest BCUT2D eigenvalue weighted by molar-refractivity contribution is -0.385. The number of methoxy groups -OCH3 is 2. The summed E-state index contributed by atoms with van der Waals surface area (Å²) in [4.78, 5) is 23.4. The Morgan fingerprint density at radius 2 is 1.97 bits per heavy atom. The van der Waals surface area contributed by atoms with Crippen LogP contribution in [0.5, 0.6) is 17.2 Å². The van der Waals surface area contributed by atoms with Crippen molar-refractivity contribution < 1.29 is 28.7 Å². The molecule has 0 unspecified atom stereocenters. The number of hydrogen-bond acceptors (Lipinski definition) is 10. The Labute approximate surface area is 163 Å². The number of aliphatic hydroxyl groups is 1. The maximum Gasteiger partial charge on any atom is 0.277 e. The second-order valence-corrected chi connectivity index (χ2v) is 5.88. The average molecular weight is 401 g/mol. The molecule has 3 rings (SSSR count). The zero-order valence-corrected chi connectivity index (χ0v) is 15.3. The van der Waals surface area contributed by atoms with Crippen molar-refractivity contribution in [3.63, 3.8) is 0 Å². The van der Waals surface area contributed by atoms with Gasteiger partial charge in [0.05, 0.1) is 31.1 Å². The number of nitrogens with zero attached hydrogens (tertiary/aromatic N) is 2. The SMILES string of the molecule is COc1cc([C@@H]2C(C#N)=C(N)Oc3c2oc(CO)cc3=O)c([N+](=O)[O-])cc1OC. The van der Waals surface area contributed by atoms with Crippen LogP contribution in [0.4, 0.5) is 5.69 Å². The van der Waals surface area contributed by atoms with Crippen LogP contribution in [0.15, 0.2) is 38.9 Å². The van der Waals surface area contributed by atoms with Crippen LogP contribution in [-0.4, -0.2) is 24.2 Å². The van der Waals surface area contributed by atoms with Gasteiger partial charge in [0, 0.05) is 11.6 Å². The topological polar surface area (TPSA) is 171 Å². The lowest BCUT2D eigenvalue weighted by atomic mass is 9.86. The lowest BCUT2D eigenvalue weighted by Crippen LogP contribution is -2.26. The lowest BCUT2D eigenvalue weighted by Gasteiger charge is -2.25. The standard InChI is InChI=1S/C18H15N3O8/c1-26-13-4-9(11(21(24)25)5-14(13)27-2)15-10(6-19)18(20)29-16-12(23)3-8(7-22)28-17(15)16/h3-5,15,22H,7,20H2,1-2H3/t15-/m1/s1. The number of nitro groups is 1. The smallest absolute Gasteiger partial charge is 0.277 e. The minimum atomic E-state index is -1.25. The Morgan fingerprint density at radius 1 is 1.31 bits per heavy atom. The van der Waals surface area contributed by atoms with Crippen molar-refractivity contribution in [2.24, 2.45) is 5.73 Å². The molecule has 29 heavy (non-hydrogen) atoms. The first kappa shape index (κ1) is 19.7. The predicted molar refractivity (Wildman–Crippen MR) is 96.4 cm³/mol. The van der Waals surface area contributed by atoms with E-state index in [9.17, 15) is 25.3 Å². The maximum atomic E-state index is 12.4. The van der Waals surface area contributed by atoms with Crippen LogP contribution in [0, 0.1) is 21.4 Å². The molecule has 1 aromatic heterocycles. The zero-order chi connectivity index (χ0) is 21.3. The molecule has 2 heterocycles. The molecule has 2 aromatic rings. The Morgan fingerprint density at radius 3 is 2.52 bits per heavy atom. The summed E-state index contributed by atoms with van der Waals surface area (Å²) in [5, 5.41) is 30.7. The first-order valence-electron chi connectivity index (χ1n) is 8.11. The molecule has 0 bridgehead atoms. The average Bonchev–Trinajstić information content (AvgIpc) is 2.72. The summed E-state index contributed by atoms with van der Waals surface area (Å²) in [6, 6.07) is 5.27. The van der Waals surface area contributed by atoms with Crippen molar-refractivity contribution in [2.75, 3.05) is 14.2 Å². The Hall–Kier alpha value is -4.04. The molecule has 1 aliphatic rings. The molecular weight excluding hydrogens is 386 g/mol. The quantitative estimate of drug-likeness (QED) is 0.549. The van der Waals surface area contributed by atoms with Gasteiger partial charge in [-0.25, -0.2) is 0 Å². The van der Waals surface area contributed by atoms with Gasteiger partial charge in [0.15, 0.2) is 17.3 Å². The fourth-order valence-corrected chi connectivity index (χ4v) is 3.05. The number of ether oxygens (including phenoxy) is 3. The molecule has 0 saturated heterocycles. The Kier molecular flexibility index (Phi) is 5.12. The van der Waals surface area contributed by atoms with Gasteiger partial charge in [0.2, 0.25) is 17.1 Å². The van der Waals surface area contributed by atoms with Crippen molar-refractivity contribution in [2.45, 2.75) is 12.5 Å². The first-order chi connectivity index (χ1) is 13.9. The monoisotopic (exact) mass is 401 g/mol. The van der Waals surface area contributed by atoms with Gasteiger partial charge in [-0.05, 0) is 6.07 Å². The molecule has 11 nitrogen and oxygen atoms in total. The third-order valence-corrected chi connectivity index (χ3v) is 4.33. The summed E-state index contributed by atoms with van der Waals surface area (Å²) in [5.41, 5.74) is 4.49. The largest absolute Gasteiger partial charge is 0.493 e.